The molecule has 6 aromatic heterocycles. The number of halogens is 3. The van der Waals surface area contributed by atoms with E-state index >= 15 is 0 Å². The number of hydrogen-bond acceptors (Lipinski definition) is 13. The maximum absolute atomic E-state index is 11.7. The van der Waals surface area contributed by atoms with Crippen LogP contribution >= 0.6 is 67.8 Å². The summed E-state index contributed by atoms with van der Waals surface area (Å²) in [5.74, 6) is 0.201. The van der Waals surface area contributed by atoms with Gasteiger partial charge in [0.05, 0.1) is 32.2 Å². The monoisotopic (exact) mass is 1320 g/mol. The number of aliphatic hydroxyl groups is 1. The number of carbonyl (C=O) groups is 2. The van der Waals surface area contributed by atoms with Crippen LogP contribution < -0.4 is 4.74 Å². The first kappa shape index (κ1) is 60.9. The van der Waals surface area contributed by atoms with Crippen molar-refractivity contribution in [2.45, 2.75) is 53.9 Å². The number of phenols is 1. The van der Waals surface area contributed by atoms with E-state index in [4.69, 9.17) is 14.6 Å². The van der Waals surface area contributed by atoms with E-state index in [1.807, 2.05) is 113 Å². The maximum Gasteiger partial charge on any atom is 0.327 e. The van der Waals surface area contributed by atoms with Crippen molar-refractivity contribution >= 4 is 79.7 Å². The van der Waals surface area contributed by atoms with E-state index in [-0.39, 0.29) is 55.9 Å². The summed E-state index contributed by atoms with van der Waals surface area (Å²) in [4.78, 5) is 39.4. The van der Waals surface area contributed by atoms with Crippen molar-refractivity contribution in [1.82, 2.24) is 39.5 Å². The molecule has 15 nitrogen and oxygen atoms in total. The second kappa shape index (κ2) is 34.9. The van der Waals surface area contributed by atoms with Gasteiger partial charge in [-0.1, -0.05) is 108 Å². The van der Waals surface area contributed by atoms with Gasteiger partial charge in [-0.15, -0.1) is 0 Å². The van der Waals surface area contributed by atoms with E-state index < -0.39 is 0 Å². The zero-order valence-electron chi connectivity index (χ0n) is 39.5. The van der Waals surface area contributed by atoms with Crippen molar-refractivity contribution in [1.29, 1.82) is 0 Å². The summed E-state index contributed by atoms with van der Waals surface area (Å²) in [6, 6.07) is 33.2. The number of aliphatic hydroxyl groups excluding tert-OH is 1. The minimum atomic E-state index is -0.369. The number of carbonyl (C=O) groups excluding carboxylic acids is 2. The topological polar surface area (TPSA) is 189 Å². The Kier molecular flexibility index (Phi) is 30.4. The Morgan fingerprint density at radius 2 is 0.971 bits per heavy atom. The molecule has 0 saturated heterocycles. The fourth-order valence-electron chi connectivity index (χ4n) is 5.77. The number of pyridine rings is 4. The summed E-state index contributed by atoms with van der Waals surface area (Å²) in [7, 11) is 2.71. The molecule has 6 heterocycles. The SMILES string of the molecule is CC.CC.COC(=O)Cn1cc(-c2ccncc2)c(-c2ccc(O)cc2)n1.COC(=O)Cn1cc(-c2ccncc2)c(-c2ccc(OCc3ccccn3)cc2)n1.IC(I)I.OCc1ccccn1.[V]. The summed E-state index contributed by atoms with van der Waals surface area (Å²) in [6.07, 6.45) is 13.9. The van der Waals surface area contributed by atoms with Crippen LogP contribution in [0.25, 0.3) is 44.8 Å². The maximum atomic E-state index is 11.7. The van der Waals surface area contributed by atoms with Gasteiger partial charge in [0.25, 0.3) is 0 Å². The Balaban J connectivity index is 0.000000369. The predicted octanol–water partition coefficient (Wildman–Crippen LogP) is 11.4. The van der Waals surface area contributed by atoms with Gasteiger partial charge in [-0.3, -0.25) is 38.9 Å². The van der Waals surface area contributed by atoms with Gasteiger partial charge < -0.3 is 24.4 Å². The molecule has 0 amide bonds. The van der Waals surface area contributed by atoms with Gasteiger partial charge in [0.15, 0.2) is 0 Å². The number of nitrogens with zero attached hydrogens (tertiary/aromatic N) is 8. The molecule has 8 rings (SSSR count). The number of aromatic hydroxyl groups is 1. The average Bonchev–Trinajstić information content (AvgIpc) is 4.03. The zero-order valence-corrected chi connectivity index (χ0v) is 47.4. The van der Waals surface area contributed by atoms with E-state index in [0.29, 0.717) is 12.3 Å². The van der Waals surface area contributed by atoms with Gasteiger partial charge in [-0.25, -0.2) is 0 Å². The van der Waals surface area contributed by atoms with Crippen LogP contribution in [0.3, 0.4) is 0 Å². The Labute approximate surface area is 462 Å². The fraction of sp³-hybridized carbons (Fsp3) is 0.216. The number of hydrogen-bond donors (Lipinski definition) is 2. The van der Waals surface area contributed by atoms with Gasteiger partial charge in [0, 0.05) is 90.4 Å². The summed E-state index contributed by atoms with van der Waals surface area (Å²) in [5.41, 5.74) is 8.52. The normalized spacial score (nSPS) is 9.70. The summed E-state index contributed by atoms with van der Waals surface area (Å²) in [6.45, 7) is 8.50. The van der Waals surface area contributed by atoms with Crippen LogP contribution in [0.5, 0.6) is 11.5 Å². The molecule has 0 spiro atoms. The smallest absolute Gasteiger partial charge is 0.327 e. The standard InChI is InChI=1S/C23H20N4O3.C17H15N3O3.C6H7NO.2C2H6.CHI3.V/c1-29-22(28)15-27-14-21(17-9-12-24-13-10-17)23(26-27)18-5-7-20(8-6-18)30-16-19-4-2-3-11-25-19;1-23-16(22)11-20-10-15(12-6-8-18-9-7-12)17(19-20)13-2-4-14(21)5-3-13;8-5-6-3-1-2-4-7-6;2*1-2;2-1(3)4;/h2-14H,15-16H2,1H3;2-10,21H,11H2,1H3;1-4,8H,5H2;2*1-2H3;1H;. The Bertz CT molecular complexity index is 2650. The average molecular weight is 1320 g/mol. The Hall–Kier alpha value is -5.27. The van der Waals surface area contributed by atoms with E-state index in [9.17, 15) is 14.7 Å². The second-order valence-electron chi connectivity index (χ2n) is 13.2. The molecule has 2 aromatic carbocycles. The van der Waals surface area contributed by atoms with Crippen LogP contribution in [0.15, 0.2) is 159 Å². The first-order chi connectivity index (χ1) is 33.6. The van der Waals surface area contributed by atoms with Crippen LogP contribution in [0.2, 0.25) is 0 Å². The van der Waals surface area contributed by atoms with Gasteiger partial charge in [0.2, 0.25) is 0 Å². The number of rotatable bonds is 12. The number of esters is 2. The first-order valence-electron chi connectivity index (χ1n) is 21.5. The van der Waals surface area contributed by atoms with Crippen molar-refractivity contribution in [2.75, 3.05) is 14.2 Å². The summed E-state index contributed by atoms with van der Waals surface area (Å²) >= 11 is 6.95. The molecule has 2 N–H and O–H groups in total. The third-order valence-corrected chi connectivity index (χ3v) is 8.81. The van der Waals surface area contributed by atoms with Crippen LogP contribution in [0.4, 0.5) is 0 Å². The molecular weight excluding hydrogens is 1270 g/mol. The largest absolute Gasteiger partial charge is 0.508 e. The third-order valence-electron chi connectivity index (χ3n) is 8.81. The molecule has 367 valence electrons. The van der Waals surface area contributed by atoms with Crippen molar-refractivity contribution in [3.63, 3.8) is 0 Å². The molecule has 0 aliphatic rings. The molecule has 0 unspecified atom stereocenters. The molecular formula is C51H55I3N8O7V. The Morgan fingerprint density at radius 3 is 1.33 bits per heavy atom. The molecule has 19 heteroatoms. The molecule has 1 radical (unpaired) electrons. The van der Waals surface area contributed by atoms with Crippen molar-refractivity contribution in [2.24, 2.45) is 0 Å². The predicted molar refractivity (Wildman–Crippen MR) is 295 cm³/mol. The molecule has 0 aliphatic heterocycles. The van der Waals surface area contributed by atoms with Crippen molar-refractivity contribution < 1.29 is 52.6 Å². The molecule has 8 aromatic rings. The third kappa shape index (κ3) is 21.4. The van der Waals surface area contributed by atoms with Crippen molar-refractivity contribution in [3.8, 4) is 56.3 Å². The molecule has 0 bridgehead atoms. The molecule has 70 heavy (non-hydrogen) atoms. The first-order valence-corrected chi connectivity index (χ1v) is 25.2. The van der Waals surface area contributed by atoms with E-state index in [0.717, 1.165) is 56.2 Å². The quantitative estimate of drug-likeness (QED) is 0.0668. The number of ether oxygens (including phenoxy) is 3. The molecule has 0 saturated carbocycles. The number of phenolic OH excluding ortho intramolecular Hbond substituents is 1. The van der Waals surface area contributed by atoms with Gasteiger partial charge in [-0.05, 0) is 108 Å². The summed E-state index contributed by atoms with van der Waals surface area (Å²) in [5, 5.41) is 27.0. The van der Waals surface area contributed by atoms with Crippen LogP contribution in [-0.2, 0) is 63.9 Å². The minimum absolute atomic E-state index is 0. The number of alkyl halides is 3. The molecule has 0 atom stereocenters. The minimum Gasteiger partial charge on any atom is -0.508 e. The van der Waals surface area contributed by atoms with Crippen LogP contribution in [-0.4, -0.2) is 75.8 Å². The van der Waals surface area contributed by atoms with Gasteiger partial charge in [-0.2, -0.15) is 10.2 Å². The molecule has 0 fully saturated rings. The number of aromatic nitrogens is 8. The van der Waals surface area contributed by atoms with E-state index in [2.05, 4.69) is 103 Å². The van der Waals surface area contributed by atoms with Crippen molar-refractivity contribution in [3.05, 3.63) is 170 Å². The fourth-order valence-corrected chi connectivity index (χ4v) is 5.77. The van der Waals surface area contributed by atoms with Gasteiger partial charge >= 0.3 is 11.9 Å². The number of methoxy groups -OCH3 is 2. The number of benzene rings is 2. The zero-order chi connectivity index (χ0) is 50.4. The van der Waals surface area contributed by atoms with E-state index in [1.165, 1.54) is 14.2 Å². The molecule has 0 aliphatic carbocycles. The van der Waals surface area contributed by atoms with Crippen LogP contribution in [0, 0.1) is 0 Å². The second-order valence-corrected chi connectivity index (χ2v) is 24.1. The van der Waals surface area contributed by atoms with Gasteiger partial charge in [0.1, 0.15) is 42.5 Å². The summed E-state index contributed by atoms with van der Waals surface area (Å²) < 4.78 is 19.1. The van der Waals surface area contributed by atoms with Crippen LogP contribution in [0.1, 0.15) is 39.1 Å². The Morgan fingerprint density at radius 1 is 0.571 bits per heavy atom. The van der Waals surface area contributed by atoms with E-state index in [1.54, 1.807) is 83.1 Å².